The zero-order valence-corrected chi connectivity index (χ0v) is 9.13. The van der Waals surface area contributed by atoms with E-state index in [1.54, 1.807) is 6.92 Å². The van der Waals surface area contributed by atoms with Crippen molar-refractivity contribution < 1.29 is 4.79 Å². The highest BCUT2D eigenvalue weighted by molar-refractivity contribution is 7.96. The molecule has 0 spiro atoms. The van der Waals surface area contributed by atoms with Crippen molar-refractivity contribution in [3.05, 3.63) is 48.2 Å². The van der Waals surface area contributed by atoms with Gasteiger partial charge in [-0.3, -0.25) is 4.79 Å². The summed E-state index contributed by atoms with van der Waals surface area (Å²) in [5, 5.41) is -0.0915. The second-order valence-electron chi connectivity index (χ2n) is 2.90. The molecule has 0 aliphatic carbocycles. The summed E-state index contributed by atoms with van der Waals surface area (Å²) in [6.45, 7) is 5.08. The first-order valence-electron chi connectivity index (χ1n) is 4.19. The van der Waals surface area contributed by atoms with Crippen LogP contribution in [0.4, 0.5) is 0 Å². The Kier molecular flexibility index (Phi) is 6.58. The van der Waals surface area contributed by atoms with Crippen LogP contribution in [-0.2, 0) is 11.2 Å². The summed E-state index contributed by atoms with van der Waals surface area (Å²) in [5.41, 5.74) is 6.60. The van der Waals surface area contributed by atoms with Crippen LogP contribution in [0.2, 0.25) is 0 Å². The summed E-state index contributed by atoms with van der Waals surface area (Å²) in [5.74, 6) is 0. The SMILES string of the molecule is C=C(C)N.O=C(S)Cc1ccccc1. The first-order valence-corrected chi connectivity index (χ1v) is 4.63. The minimum atomic E-state index is -0.0915. The number of carbonyl (C=O) groups is 1. The number of nitrogens with two attached hydrogens (primary N) is 1. The van der Waals surface area contributed by atoms with Gasteiger partial charge in [0.1, 0.15) is 0 Å². The monoisotopic (exact) mass is 209 g/mol. The highest BCUT2D eigenvalue weighted by atomic mass is 32.1. The summed E-state index contributed by atoms with van der Waals surface area (Å²) in [6.07, 6.45) is 0.421. The summed E-state index contributed by atoms with van der Waals surface area (Å²) in [4.78, 5) is 10.5. The predicted octanol–water partition coefficient (Wildman–Crippen LogP) is 2.16. The van der Waals surface area contributed by atoms with Crippen LogP contribution in [0.25, 0.3) is 0 Å². The van der Waals surface area contributed by atoms with Crippen LogP contribution >= 0.6 is 12.6 Å². The van der Waals surface area contributed by atoms with E-state index in [0.29, 0.717) is 12.1 Å². The fourth-order valence-corrected chi connectivity index (χ4v) is 0.953. The van der Waals surface area contributed by atoms with E-state index in [9.17, 15) is 4.79 Å². The maximum atomic E-state index is 10.5. The number of allylic oxidation sites excluding steroid dienone is 1. The number of thiol groups is 1. The summed E-state index contributed by atoms with van der Waals surface area (Å²) in [6, 6.07) is 9.56. The molecule has 2 nitrogen and oxygen atoms in total. The standard InChI is InChI=1S/C8H8OS.C3H7N/c9-8(10)6-7-4-2-1-3-5-7;1-3(2)4/h1-5H,6H2,(H,9,10);1,4H2,2H3. The molecule has 0 saturated heterocycles. The molecule has 0 heterocycles. The van der Waals surface area contributed by atoms with Crippen molar-refractivity contribution in [2.75, 3.05) is 0 Å². The Morgan fingerprint density at radius 2 is 1.86 bits per heavy atom. The van der Waals surface area contributed by atoms with Gasteiger partial charge in [-0.25, -0.2) is 0 Å². The third-order valence-electron chi connectivity index (χ3n) is 1.20. The summed E-state index contributed by atoms with van der Waals surface area (Å²) >= 11 is 3.67. The summed E-state index contributed by atoms with van der Waals surface area (Å²) < 4.78 is 0. The average Bonchev–Trinajstić information content (AvgIpc) is 2.03. The summed E-state index contributed by atoms with van der Waals surface area (Å²) in [7, 11) is 0. The van der Waals surface area contributed by atoms with Crippen LogP contribution < -0.4 is 5.73 Å². The Labute approximate surface area is 90.2 Å². The van der Waals surface area contributed by atoms with Gasteiger partial charge in [-0.2, -0.15) is 0 Å². The van der Waals surface area contributed by atoms with Crippen LogP contribution in [0.15, 0.2) is 42.6 Å². The van der Waals surface area contributed by atoms with Gasteiger partial charge < -0.3 is 5.73 Å². The molecule has 0 aliphatic heterocycles. The van der Waals surface area contributed by atoms with Gasteiger partial charge in [0.05, 0.1) is 0 Å². The van der Waals surface area contributed by atoms with Gasteiger partial charge in [0.15, 0.2) is 5.12 Å². The lowest BCUT2D eigenvalue weighted by Crippen LogP contribution is -1.91. The smallest absolute Gasteiger partial charge is 0.190 e. The fraction of sp³-hybridized carbons (Fsp3) is 0.182. The van der Waals surface area contributed by atoms with Crippen molar-refractivity contribution in [1.82, 2.24) is 0 Å². The van der Waals surface area contributed by atoms with Gasteiger partial charge in [0.2, 0.25) is 0 Å². The molecule has 1 aromatic carbocycles. The second-order valence-corrected chi connectivity index (χ2v) is 3.40. The first-order chi connectivity index (χ1) is 6.52. The van der Waals surface area contributed by atoms with Crippen molar-refractivity contribution in [3.63, 3.8) is 0 Å². The Hall–Kier alpha value is -1.22. The van der Waals surface area contributed by atoms with E-state index in [0.717, 1.165) is 5.56 Å². The number of hydrogen-bond acceptors (Lipinski definition) is 2. The maximum Gasteiger partial charge on any atom is 0.190 e. The first kappa shape index (κ1) is 12.8. The topological polar surface area (TPSA) is 43.1 Å². The molecule has 76 valence electrons. The van der Waals surface area contributed by atoms with Crippen molar-refractivity contribution in [2.45, 2.75) is 13.3 Å². The molecule has 0 amide bonds. The van der Waals surface area contributed by atoms with E-state index in [-0.39, 0.29) is 5.12 Å². The molecule has 0 radical (unpaired) electrons. The van der Waals surface area contributed by atoms with Crippen LogP contribution in [-0.4, -0.2) is 5.12 Å². The second kappa shape index (κ2) is 7.21. The molecule has 14 heavy (non-hydrogen) atoms. The van der Waals surface area contributed by atoms with E-state index >= 15 is 0 Å². The highest BCUT2D eigenvalue weighted by Crippen LogP contribution is 2.00. The fourth-order valence-electron chi connectivity index (χ4n) is 0.770. The zero-order valence-electron chi connectivity index (χ0n) is 8.23. The molecule has 0 bridgehead atoms. The Bertz CT molecular complexity index is 291. The van der Waals surface area contributed by atoms with Gasteiger partial charge in [-0.05, 0) is 18.2 Å². The molecule has 3 heteroatoms. The maximum absolute atomic E-state index is 10.5. The van der Waals surface area contributed by atoms with Gasteiger partial charge in [0, 0.05) is 6.42 Å². The lowest BCUT2D eigenvalue weighted by molar-refractivity contribution is -0.110. The molecular weight excluding hydrogens is 194 g/mol. The van der Waals surface area contributed by atoms with E-state index in [2.05, 4.69) is 19.2 Å². The van der Waals surface area contributed by atoms with E-state index in [1.165, 1.54) is 0 Å². The van der Waals surface area contributed by atoms with E-state index < -0.39 is 0 Å². The van der Waals surface area contributed by atoms with Gasteiger partial charge in [-0.15, -0.1) is 12.6 Å². The van der Waals surface area contributed by atoms with Gasteiger partial charge in [0.25, 0.3) is 0 Å². The largest absolute Gasteiger partial charge is 0.403 e. The molecule has 0 fully saturated rings. The minimum absolute atomic E-state index is 0.0915. The van der Waals surface area contributed by atoms with Crippen molar-refractivity contribution in [3.8, 4) is 0 Å². The Balaban J connectivity index is 0.000000364. The molecule has 0 aliphatic rings. The predicted molar refractivity (Wildman–Crippen MR) is 63.1 cm³/mol. The Morgan fingerprint density at radius 3 is 2.21 bits per heavy atom. The number of benzene rings is 1. The van der Waals surface area contributed by atoms with Crippen molar-refractivity contribution in [1.29, 1.82) is 0 Å². The average molecular weight is 209 g/mol. The van der Waals surface area contributed by atoms with Crippen LogP contribution in [0.5, 0.6) is 0 Å². The molecule has 0 aromatic heterocycles. The third-order valence-corrected chi connectivity index (χ3v) is 1.36. The molecule has 1 rings (SSSR count). The van der Waals surface area contributed by atoms with Crippen LogP contribution in [0.3, 0.4) is 0 Å². The van der Waals surface area contributed by atoms with Gasteiger partial charge >= 0.3 is 0 Å². The normalized spacial score (nSPS) is 8.43. The number of hydrogen-bond donors (Lipinski definition) is 2. The van der Waals surface area contributed by atoms with Gasteiger partial charge in [-0.1, -0.05) is 36.9 Å². The van der Waals surface area contributed by atoms with E-state index in [1.807, 2.05) is 30.3 Å². The lowest BCUT2D eigenvalue weighted by atomic mass is 10.2. The van der Waals surface area contributed by atoms with Crippen molar-refractivity contribution >= 4 is 17.7 Å². The minimum Gasteiger partial charge on any atom is -0.403 e. The third kappa shape index (κ3) is 8.87. The zero-order chi connectivity index (χ0) is 11.0. The molecule has 1 aromatic rings. The molecule has 0 atom stereocenters. The van der Waals surface area contributed by atoms with E-state index in [4.69, 9.17) is 5.73 Å². The van der Waals surface area contributed by atoms with Crippen LogP contribution in [0.1, 0.15) is 12.5 Å². The number of rotatable bonds is 2. The molecule has 0 unspecified atom stereocenters. The highest BCUT2D eigenvalue weighted by Gasteiger charge is 1.94. The van der Waals surface area contributed by atoms with Crippen molar-refractivity contribution in [2.24, 2.45) is 5.73 Å². The molecular formula is C11H15NOS. The molecule has 2 N–H and O–H groups in total. The molecule has 0 saturated carbocycles. The van der Waals surface area contributed by atoms with Crippen LogP contribution in [0, 0.1) is 0 Å². The quantitative estimate of drug-likeness (QED) is 0.733. The lowest BCUT2D eigenvalue weighted by Gasteiger charge is -1.92. The Morgan fingerprint density at radius 1 is 1.43 bits per heavy atom. The number of carbonyl (C=O) groups excluding carboxylic acids is 1.